The molecule has 0 spiro atoms. The van der Waals surface area contributed by atoms with Gasteiger partial charge >= 0.3 is 5.97 Å². The van der Waals surface area contributed by atoms with Crippen molar-refractivity contribution >= 4 is 30.8 Å². The standard InChI is InChI=1S/C14H26N2O2.2ClH/c1-14(2,3)18-13(17)11-5-8-16(9-6-11)12-4-7-15-10-12;;/h11-12,15H,4-10H2,1-3H3;2*1H. The molecule has 0 aliphatic carbocycles. The SMILES string of the molecule is CC(C)(C)OC(=O)C1CCN(C2CCNC2)CC1.Cl.Cl. The zero-order valence-corrected chi connectivity index (χ0v) is 14.3. The van der Waals surface area contributed by atoms with Gasteiger partial charge in [0.05, 0.1) is 5.92 Å². The van der Waals surface area contributed by atoms with Crippen molar-refractivity contribution in [3.8, 4) is 0 Å². The van der Waals surface area contributed by atoms with E-state index in [1.54, 1.807) is 0 Å². The summed E-state index contributed by atoms with van der Waals surface area (Å²) in [6, 6.07) is 0.685. The number of hydrogen-bond acceptors (Lipinski definition) is 4. The van der Waals surface area contributed by atoms with Gasteiger partial charge in [0.1, 0.15) is 5.60 Å². The topological polar surface area (TPSA) is 41.6 Å². The second-order valence-corrected chi connectivity index (χ2v) is 6.49. The zero-order chi connectivity index (χ0) is 13.2. The average molecular weight is 327 g/mol. The summed E-state index contributed by atoms with van der Waals surface area (Å²) in [5, 5.41) is 3.40. The molecule has 0 aromatic carbocycles. The van der Waals surface area contributed by atoms with Crippen molar-refractivity contribution in [2.24, 2.45) is 5.92 Å². The number of likely N-dealkylation sites (tertiary alicyclic amines) is 1. The molecule has 20 heavy (non-hydrogen) atoms. The molecule has 2 aliphatic rings. The van der Waals surface area contributed by atoms with Gasteiger partial charge in [-0.05, 0) is 59.7 Å². The minimum Gasteiger partial charge on any atom is -0.460 e. The Morgan fingerprint density at radius 2 is 1.75 bits per heavy atom. The Balaban J connectivity index is 0.00000180. The number of piperidine rings is 1. The van der Waals surface area contributed by atoms with E-state index in [-0.39, 0.29) is 42.3 Å². The van der Waals surface area contributed by atoms with E-state index >= 15 is 0 Å². The summed E-state index contributed by atoms with van der Waals surface area (Å²) in [6.45, 7) is 10.1. The van der Waals surface area contributed by atoms with Gasteiger partial charge in [-0.15, -0.1) is 24.8 Å². The van der Waals surface area contributed by atoms with Crippen molar-refractivity contribution in [3.63, 3.8) is 0 Å². The molecule has 0 amide bonds. The van der Waals surface area contributed by atoms with Crippen LogP contribution in [0.1, 0.15) is 40.0 Å². The normalized spacial score (nSPS) is 24.6. The average Bonchev–Trinajstić information content (AvgIpc) is 2.80. The predicted octanol–water partition coefficient (Wildman–Crippen LogP) is 2.25. The van der Waals surface area contributed by atoms with Crippen molar-refractivity contribution in [3.05, 3.63) is 0 Å². The third-order valence-electron chi connectivity index (χ3n) is 3.82. The number of halogens is 2. The maximum atomic E-state index is 12.0. The van der Waals surface area contributed by atoms with Crippen LogP contribution < -0.4 is 5.32 Å². The van der Waals surface area contributed by atoms with Crippen molar-refractivity contribution in [1.29, 1.82) is 0 Å². The van der Waals surface area contributed by atoms with E-state index in [0.717, 1.165) is 39.0 Å². The molecule has 4 nitrogen and oxygen atoms in total. The van der Waals surface area contributed by atoms with Gasteiger partial charge < -0.3 is 10.1 Å². The second-order valence-electron chi connectivity index (χ2n) is 6.49. The smallest absolute Gasteiger partial charge is 0.309 e. The van der Waals surface area contributed by atoms with Gasteiger partial charge in [-0.1, -0.05) is 0 Å². The number of nitrogens with zero attached hydrogens (tertiary/aromatic N) is 1. The fraction of sp³-hybridized carbons (Fsp3) is 0.929. The molecule has 2 saturated heterocycles. The molecule has 0 saturated carbocycles. The van der Waals surface area contributed by atoms with Crippen LogP contribution >= 0.6 is 24.8 Å². The highest BCUT2D eigenvalue weighted by Gasteiger charge is 2.32. The fourth-order valence-corrected chi connectivity index (χ4v) is 2.84. The molecule has 2 heterocycles. The quantitative estimate of drug-likeness (QED) is 0.790. The van der Waals surface area contributed by atoms with E-state index in [9.17, 15) is 4.79 Å². The lowest BCUT2D eigenvalue weighted by atomic mass is 9.95. The van der Waals surface area contributed by atoms with Crippen LogP contribution in [-0.2, 0) is 9.53 Å². The molecule has 1 N–H and O–H groups in total. The summed E-state index contributed by atoms with van der Waals surface area (Å²) in [4.78, 5) is 14.5. The molecule has 0 radical (unpaired) electrons. The zero-order valence-electron chi connectivity index (χ0n) is 12.7. The van der Waals surface area contributed by atoms with E-state index < -0.39 is 0 Å². The highest BCUT2D eigenvalue weighted by atomic mass is 35.5. The summed E-state index contributed by atoms with van der Waals surface area (Å²) in [5.74, 6) is 0.0986. The Bertz CT molecular complexity index is 294. The van der Waals surface area contributed by atoms with Crippen LogP contribution in [0.5, 0.6) is 0 Å². The number of nitrogens with one attached hydrogen (secondary N) is 1. The number of carbonyl (C=O) groups is 1. The summed E-state index contributed by atoms with van der Waals surface area (Å²) in [6.07, 6.45) is 3.15. The molecule has 120 valence electrons. The lowest BCUT2D eigenvalue weighted by Gasteiger charge is -2.35. The Hall–Kier alpha value is -0.0300. The van der Waals surface area contributed by atoms with Gasteiger partial charge in [-0.3, -0.25) is 9.69 Å². The molecule has 0 aromatic heterocycles. The van der Waals surface area contributed by atoms with E-state index in [1.807, 2.05) is 20.8 Å². The molecule has 1 atom stereocenters. The first-order chi connectivity index (χ1) is 8.46. The molecular formula is C14H28Cl2N2O2. The molecule has 2 rings (SSSR count). The van der Waals surface area contributed by atoms with Gasteiger partial charge in [0.15, 0.2) is 0 Å². The number of carbonyl (C=O) groups excluding carboxylic acids is 1. The van der Waals surface area contributed by atoms with E-state index in [0.29, 0.717) is 6.04 Å². The van der Waals surface area contributed by atoms with Gasteiger partial charge in [-0.25, -0.2) is 0 Å². The molecule has 2 fully saturated rings. The Morgan fingerprint density at radius 1 is 1.15 bits per heavy atom. The van der Waals surface area contributed by atoms with Crippen molar-refractivity contribution in [1.82, 2.24) is 10.2 Å². The van der Waals surface area contributed by atoms with Gasteiger partial charge in [0.25, 0.3) is 0 Å². The number of ether oxygens (including phenoxy) is 1. The van der Waals surface area contributed by atoms with E-state index in [4.69, 9.17) is 4.74 Å². The van der Waals surface area contributed by atoms with Crippen LogP contribution in [0.2, 0.25) is 0 Å². The van der Waals surface area contributed by atoms with Crippen LogP contribution in [0, 0.1) is 5.92 Å². The largest absolute Gasteiger partial charge is 0.460 e. The highest BCUT2D eigenvalue weighted by molar-refractivity contribution is 5.85. The maximum absolute atomic E-state index is 12.0. The molecule has 6 heteroatoms. The Kier molecular flexibility index (Phi) is 8.41. The summed E-state index contributed by atoms with van der Waals surface area (Å²) < 4.78 is 5.47. The van der Waals surface area contributed by atoms with Crippen LogP contribution in [0.4, 0.5) is 0 Å². The molecule has 1 unspecified atom stereocenters. The second kappa shape index (κ2) is 8.42. The third kappa shape index (κ3) is 5.76. The first-order valence-electron chi connectivity index (χ1n) is 7.13. The predicted molar refractivity (Wildman–Crippen MR) is 85.9 cm³/mol. The Labute approximate surface area is 134 Å². The number of hydrogen-bond donors (Lipinski definition) is 1. The molecular weight excluding hydrogens is 299 g/mol. The van der Waals surface area contributed by atoms with Crippen LogP contribution in [0.15, 0.2) is 0 Å². The van der Waals surface area contributed by atoms with E-state index in [2.05, 4.69) is 10.2 Å². The minimum atomic E-state index is -0.358. The number of rotatable bonds is 2. The van der Waals surface area contributed by atoms with Crippen molar-refractivity contribution < 1.29 is 9.53 Å². The monoisotopic (exact) mass is 326 g/mol. The Morgan fingerprint density at radius 3 is 2.20 bits per heavy atom. The van der Waals surface area contributed by atoms with Gasteiger partial charge in [0.2, 0.25) is 0 Å². The minimum absolute atomic E-state index is 0. The molecule has 0 aromatic rings. The van der Waals surface area contributed by atoms with E-state index in [1.165, 1.54) is 6.42 Å². The van der Waals surface area contributed by atoms with Crippen LogP contribution in [0.25, 0.3) is 0 Å². The van der Waals surface area contributed by atoms with Crippen LogP contribution in [-0.4, -0.2) is 48.7 Å². The number of esters is 1. The first kappa shape index (κ1) is 20.0. The lowest BCUT2D eigenvalue weighted by molar-refractivity contribution is -0.161. The maximum Gasteiger partial charge on any atom is 0.309 e. The van der Waals surface area contributed by atoms with Gasteiger partial charge in [-0.2, -0.15) is 0 Å². The van der Waals surface area contributed by atoms with Gasteiger partial charge in [0, 0.05) is 12.6 Å². The summed E-state index contributed by atoms with van der Waals surface area (Å²) >= 11 is 0. The summed E-state index contributed by atoms with van der Waals surface area (Å²) in [7, 11) is 0. The van der Waals surface area contributed by atoms with Crippen molar-refractivity contribution in [2.45, 2.75) is 51.7 Å². The molecule has 2 aliphatic heterocycles. The first-order valence-corrected chi connectivity index (χ1v) is 7.13. The fourth-order valence-electron chi connectivity index (χ4n) is 2.84. The van der Waals surface area contributed by atoms with Crippen LogP contribution in [0.3, 0.4) is 0 Å². The lowest BCUT2D eigenvalue weighted by Crippen LogP contribution is -2.44. The third-order valence-corrected chi connectivity index (χ3v) is 3.82. The highest BCUT2D eigenvalue weighted by Crippen LogP contribution is 2.23. The van der Waals surface area contributed by atoms with Crippen molar-refractivity contribution in [2.75, 3.05) is 26.2 Å². The molecule has 0 bridgehead atoms. The summed E-state index contributed by atoms with van der Waals surface area (Å²) in [5.41, 5.74) is -0.358.